The van der Waals surface area contributed by atoms with E-state index in [1.165, 1.54) is 0 Å². The molecule has 0 aromatic heterocycles. The van der Waals surface area contributed by atoms with E-state index in [-0.39, 0.29) is 17.4 Å². The first-order valence-electron chi connectivity index (χ1n) is 6.05. The van der Waals surface area contributed by atoms with Gasteiger partial charge in [-0.3, -0.25) is 4.79 Å². The molecule has 1 saturated heterocycles. The maximum Gasteiger partial charge on any atom is 0.323 e. The van der Waals surface area contributed by atoms with Crippen LogP contribution >= 0.6 is 0 Å². The van der Waals surface area contributed by atoms with Gasteiger partial charge in [0.25, 0.3) is 0 Å². The largest absolute Gasteiger partial charge is 0.462 e. The van der Waals surface area contributed by atoms with Crippen molar-refractivity contribution in [3.63, 3.8) is 0 Å². The van der Waals surface area contributed by atoms with Crippen LogP contribution in [0.4, 0.5) is 0 Å². The smallest absolute Gasteiger partial charge is 0.323 e. The molecule has 0 amide bonds. The van der Waals surface area contributed by atoms with Crippen LogP contribution in [0.15, 0.2) is 0 Å². The molecule has 0 radical (unpaired) electrons. The lowest BCUT2D eigenvalue weighted by Crippen LogP contribution is -2.52. The van der Waals surface area contributed by atoms with Crippen molar-refractivity contribution in [3.8, 4) is 0 Å². The third kappa shape index (κ3) is 3.76. The SMILES string of the molecule is CCOCCOC(=O)C1NCCCC1(C)C. The van der Waals surface area contributed by atoms with E-state index < -0.39 is 0 Å². The highest BCUT2D eigenvalue weighted by molar-refractivity contribution is 5.77. The summed E-state index contributed by atoms with van der Waals surface area (Å²) in [6.45, 7) is 8.52. The Labute approximate surface area is 97.7 Å². The van der Waals surface area contributed by atoms with E-state index in [4.69, 9.17) is 9.47 Å². The highest BCUT2D eigenvalue weighted by Crippen LogP contribution is 2.30. The van der Waals surface area contributed by atoms with Crippen LogP contribution < -0.4 is 5.32 Å². The molecule has 1 unspecified atom stereocenters. The number of nitrogens with one attached hydrogen (secondary N) is 1. The minimum Gasteiger partial charge on any atom is -0.462 e. The second-order valence-electron chi connectivity index (χ2n) is 4.84. The van der Waals surface area contributed by atoms with Crippen molar-refractivity contribution in [2.24, 2.45) is 5.41 Å². The summed E-state index contributed by atoms with van der Waals surface area (Å²) in [5, 5.41) is 3.23. The quantitative estimate of drug-likeness (QED) is 0.571. The van der Waals surface area contributed by atoms with E-state index in [0.29, 0.717) is 19.8 Å². The van der Waals surface area contributed by atoms with Gasteiger partial charge in [-0.15, -0.1) is 0 Å². The minimum atomic E-state index is -0.178. The highest BCUT2D eigenvalue weighted by atomic mass is 16.6. The first kappa shape index (κ1) is 13.5. The van der Waals surface area contributed by atoms with Gasteiger partial charge in [0.1, 0.15) is 12.6 Å². The van der Waals surface area contributed by atoms with Crippen LogP contribution in [0, 0.1) is 5.41 Å². The molecule has 1 aliphatic heterocycles. The zero-order valence-corrected chi connectivity index (χ0v) is 10.5. The van der Waals surface area contributed by atoms with Gasteiger partial charge in [0.15, 0.2) is 0 Å². The van der Waals surface area contributed by atoms with Gasteiger partial charge in [-0.2, -0.15) is 0 Å². The molecule has 0 saturated carbocycles. The molecule has 16 heavy (non-hydrogen) atoms. The predicted octanol–water partition coefficient (Wildman–Crippen LogP) is 1.34. The Kier molecular flexibility index (Phi) is 5.22. The lowest BCUT2D eigenvalue weighted by Gasteiger charge is -2.37. The molecule has 94 valence electrons. The molecule has 1 atom stereocenters. The van der Waals surface area contributed by atoms with Gasteiger partial charge in [0, 0.05) is 6.61 Å². The van der Waals surface area contributed by atoms with Crippen LogP contribution in [0.5, 0.6) is 0 Å². The second-order valence-corrected chi connectivity index (χ2v) is 4.84. The molecule has 0 bridgehead atoms. The van der Waals surface area contributed by atoms with Gasteiger partial charge in [-0.1, -0.05) is 13.8 Å². The van der Waals surface area contributed by atoms with Crippen molar-refractivity contribution in [1.82, 2.24) is 5.32 Å². The Bertz CT molecular complexity index is 228. The lowest BCUT2D eigenvalue weighted by atomic mass is 9.77. The standard InChI is InChI=1S/C12H23NO3/c1-4-15-8-9-16-11(14)10-12(2,3)6-5-7-13-10/h10,13H,4-9H2,1-3H3. The summed E-state index contributed by atoms with van der Waals surface area (Å²) in [6, 6.07) is -0.178. The van der Waals surface area contributed by atoms with Crippen molar-refractivity contribution in [1.29, 1.82) is 0 Å². The fraction of sp³-hybridized carbons (Fsp3) is 0.917. The Morgan fingerprint density at radius 3 is 2.81 bits per heavy atom. The van der Waals surface area contributed by atoms with Crippen LogP contribution in [0.2, 0.25) is 0 Å². The van der Waals surface area contributed by atoms with Crippen molar-refractivity contribution >= 4 is 5.97 Å². The van der Waals surface area contributed by atoms with Crippen LogP contribution in [0.3, 0.4) is 0 Å². The lowest BCUT2D eigenvalue weighted by molar-refractivity contribution is -0.151. The van der Waals surface area contributed by atoms with Gasteiger partial charge in [0.2, 0.25) is 0 Å². The summed E-state index contributed by atoms with van der Waals surface area (Å²) in [6.07, 6.45) is 2.18. The fourth-order valence-electron chi connectivity index (χ4n) is 2.04. The Morgan fingerprint density at radius 1 is 1.44 bits per heavy atom. The maximum absolute atomic E-state index is 11.8. The van der Waals surface area contributed by atoms with Crippen molar-refractivity contribution < 1.29 is 14.3 Å². The third-order valence-electron chi connectivity index (χ3n) is 3.04. The van der Waals surface area contributed by atoms with Gasteiger partial charge in [-0.25, -0.2) is 0 Å². The average Bonchev–Trinajstić information content (AvgIpc) is 2.23. The van der Waals surface area contributed by atoms with Crippen LogP contribution in [0.25, 0.3) is 0 Å². The molecular formula is C12H23NO3. The van der Waals surface area contributed by atoms with Crippen LogP contribution in [-0.2, 0) is 14.3 Å². The first-order valence-corrected chi connectivity index (χ1v) is 6.05. The summed E-state index contributed by atoms with van der Waals surface area (Å²) in [5.41, 5.74) is -0.0129. The van der Waals surface area contributed by atoms with Gasteiger partial charge >= 0.3 is 5.97 Å². The number of esters is 1. The van der Waals surface area contributed by atoms with E-state index in [1.54, 1.807) is 0 Å². The Hall–Kier alpha value is -0.610. The predicted molar refractivity (Wildman–Crippen MR) is 62.3 cm³/mol. The van der Waals surface area contributed by atoms with Crippen molar-refractivity contribution in [2.45, 2.75) is 39.7 Å². The molecule has 0 aliphatic carbocycles. The molecule has 0 spiro atoms. The zero-order valence-electron chi connectivity index (χ0n) is 10.5. The van der Waals surface area contributed by atoms with Crippen LogP contribution in [-0.4, -0.2) is 38.4 Å². The number of ether oxygens (including phenoxy) is 2. The molecule has 1 aliphatic rings. The summed E-state index contributed by atoms with van der Waals surface area (Å²) in [7, 11) is 0. The van der Waals surface area contributed by atoms with E-state index in [2.05, 4.69) is 19.2 Å². The molecule has 0 aromatic rings. The molecule has 1 heterocycles. The second kappa shape index (κ2) is 6.21. The van der Waals surface area contributed by atoms with Crippen molar-refractivity contribution in [2.75, 3.05) is 26.4 Å². The average molecular weight is 229 g/mol. The monoisotopic (exact) mass is 229 g/mol. The van der Waals surface area contributed by atoms with E-state index in [0.717, 1.165) is 19.4 Å². The minimum absolute atomic E-state index is 0.0129. The number of rotatable bonds is 5. The van der Waals surface area contributed by atoms with Gasteiger partial charge in [-0.05, 0) is 31.7 Å². The third-order valence-corrected chi connectivity index (χ3v) is 3.04. The number of hydrogen-bond acceptors (Lipinski definition) is 4. The van der Waals surface area contributed by atoms with Gasteiger partial charge in [0.05, 0.1) is 6.61 Å². The molecule has 0 aromatic carbocycles. The van der Waals surface area contributed by atoms with Crippen LogP contribution in [0.1, 0.15) is 33.6 Å². The number of carbonyl (C=O) groups is 1. The zero-order chi connectivity index (χ0) is 12.0. The van der Waals surface area contributed by atoms with E-state index >= 15 is 0 Å². The van der Waals surface area contributed by atoms with Crippen molar-refractivity contribution in [3.05, 3.63) is 0 Å². The molecule has 1 fully saturated rings. The fourth-order valence-corrected chi connectivity index (χ4v) is 2.04. The number of carbonyl (C=O) groups excluding carboxylic acids is 1. The summed E-state index contributed by atoms with van der Waals surface area (Å²) in [4.78, 5) is 11.8. The summed E-state index contributed by atoms with van der Waals surface area (Å²) in [5.74, 6) is -0.149. The summed E-state index contributed by atoms with van der Waals surface area (Å²) >= 11 is 0. The summed E-state index contributed by atoms with van der Waals surface area (Å²) < 4.78 is 10.3. The van der Waals surface area contributed by atoms with E-state index in [9.17, 15) is 4.79 Å². The Morgan fingerprint density at radius 2 is 2.19 bits per heavy atom. The first-order chi connectivity index (χ1) is 7.58. The molecule has 4 nitrogen and oxygen atoms in total. The highest BCUT2D eigenvalue weighted by Gasteiger charge is 2.38. The maximum atomic E-state index is 11.8. The van der Waals surface area contributed by atoms with E-state index in [1.807, 2.05) is 6.92 Å². The Balaban J connectivity index is 2.34. The molecular weight excluding hydrogens is 206 g/mol. The topological polar surface area (TPSA) is 47.6 Å². The number of piperidine rings is 1. The molecule has 1 N–H and O–H groups in total. The molecule has 4 heteroatoms. The normalized spacial score (nSPS) is 24.1. The van der Waals surface area contributed by atoms with Gasteiger partial charge < -0.3 is 14.8 Å². The molecule has 1 rings (SSSR count). The number of hydrogen-bond donors (Lipinski definition) is 1.